The number of hydrogen-bond donors (Lipinski definition) is 2. The van der Waals surface area contributed by atoms with Gasteiger partial charge in [0.15, 0.2) is 0 Å². The van der Waals surface area contributed by atoms with Gasteiger partial charge in [-0.2, -0.15) is 0 Å². The van der Waals surface area contributed by atoms with Gasteiger partial charge in [-0.3, -0.25) is 14.9 Å². The number of amides is 1. The number of hydrogen-bond acceptors (Lipinski definition) is 5. The molecule has 3 aromatic rings. The molecule has 1 heterocycles. The number of furan rings is 1. The van der Waals surface area contributed by atoms with E-state index in [0.29, 0.717) is 27.8 Å². The third kappa shape index (κ3) is 3.74. The largest absolute Gasteiger partial charge is 0.459 e. The summed E-state index contributed by atoms with van der Waals surface area (Å²) < 4.78 is 5.46. The van der Waals surface area contributed by atoms with E-state index in [1.807, 2.05) is 0 Å². The summed E-state index contributed by atoms with van der Waals surface area (Å²) in [5.41, 5.74) is 0.990. The second-order valence-corrected chi connectivity index (χ2v) is 5.79. The summed E-state index contributed by atoms with van der Waals surface area (Å²) in [6.45, 7) is -0.235. The smallest absolute Gasteiger partial charge is 0.270 e. The van der Waals surface area contributed by atoms with Crippen molar-refractivity contribution in [2.75, 3.05) is 5.32 Å². The molecule has 0 aliphatic rings. The van der Waals surface area contributed by atoms with E-state index in [9.17, 15) is 14.9 Å². The zero-order valence-corrected chi connectivity index (χ0v) is 14.1. The number of anilines is 1. The molecule has 8 heteroatoms. The summed E-state index contributed by atoms with van der Waals surface area (Å²) in [5, 5.41) is 23.0. The zero-order chi connectivity index (χ0) is 18.7. The number of nitrogens with zero attached hydrogens (tertiary/aromatic N) is 1. The van der Waals surface area contributed by atoms with Crippen LogP contribution < -0.4 is 5.32 Å². The molecule has 2 aromatic carbocycles. The molecule has 0 saturated carbocycles. The number of carbonyl (C=O) groups excluding carboxylic acids is 1. The third-order valence-corrected chi connectivity index (χ3v) is 3.96. The lowest BCUT2D eigenvalue weighted by Crippen LogP contribution is -2.12. The molecule has 0 atom stereocenters. The number of benzene rings is 2. The lowest BCUT2D eigenvalue weighted by Gasteiger charge is -2.08. The van der Waals surface area contributed by atoms with Crippen molar-refractivity contribution >= 4 is 28.9 Å². The van der Waals surface area contributed by atoms with Crippen LogP contribution in [0.2, 0.25) is 5.02 Å². The molecule has 0 saturated heterocycles. The van der Waals surface area contributed by atoms with Crippen molar-refractivity contribution in [3.8, 4) is 11.3 Å². The Kier molecular flexibility index (Phi) is 5.01. The molecule has 0 aliphatic carbocycles. The number of carbonyl (C=O) groups is 1. The summed E-state index contributed by atoms with van der Waals surface area (Å²) in [5.74, 6) is 0.352. The highest BCUT2D eigenvalue weighted by Gasteiger charge is 2.14. The highest BCUT2D eigenvalue weighted by Crippen LogP contribution is 2.32. The van der Waals surface area contributed by atoms with E-state index in [-0.39, 0.29) is 17.9 Å². The summed E-state index contributed by atoms with van der Waals surface area (Å²) in [6.07, 6.45) is 0. The zero-order valence-electron chi connectivity index (χ0n) is 13.3. The number of nitro benzene ring substituents is 1. The van der Waals surface area contributed by atoms with Crippen LogP contribution in [0.15, 0.2) is 59.0 Å². The fourth-order valence-corrected chi connectivity index (χ4v) is 2.57. The molecular formula is C18H13ClN2O5. The van der Waals surface area contributed by atoms with Crippen LogP contribution in [0.3, 0.4) is 0 Å². The van der Waals surface area contributed by atoms with E-state index >= 15 is 0 Å². The number of nitrogens with one attached hydrogen (secondary N) is 1. The van der Waals surface area contributed by atoms with E-state index in [1.165, 1.54) is 24.3 Å². The third-order valence-electron chi connectivity index (χ3n) is 3.63. The Morgan fingerprint density at radius 3 is 2.69 bits per heavy atom. The van der Waals surface area contributed by atoms with Gasteiger partial charge in [-0.05, 0) is 36.4 Å². The standard InChI is InChI=1S/C18H13ClN2O5/c19-16-6-4-12(9-15(16)17-7-5-14(10-22)26-17)20-18(23)11-2-1-3-13(8-11)21(24)25/h1-9,22H,10H2,(H,20,23). The normalized spacial score (nSPS) is 10.5. The fourth-order valence-electron chi connectivity index (χ4n) is 2.36. The van der Waals surface area contributed by atoms with E-state index in [0.717, 1.165) is 0 Å². The molecule has 0 bridgehead atoms. The van der Waals surface area contributed by atoms with Gasteiger partial charge in [0.2, 0.25) is 0 Å². The van der Waals surface area contributed by atoms with Crippen molar-refractivity contribution in [2.45, 2.75) is 6.61 Å². The molecule has 3 rings (SSSR count). The number of rotatable bonds is 5. The monoisotopic (exact) mass is 372 g/mol. The lowest BCUT2D eigenvalue weighted by atomic mass is 10.1. The highest BCUT2D eigenvalue weighted by atomic mass is 35.5. The summed E-state index contributed by atoms with van der Waals surface area (Å²) in [6, 6.07) is 13.6. The average molecular weight is 373 g/mol. The minimum Gasteiger partial charge on any atom is -0.459 e. The van der Waals surface area contributed by atoms with Crippen LogP contribution in [-0.4, -0.2) is 15.9 Å². The molecule has 1 aromatic heterocycles. The number of halogens is 1. The van der Waals surface area contributed by atoms with Gasteiger partial charge in [0, 0.05) is 28.9 Å². The van der Waals surface area contributed by atoms with Crippen LogP contribution >= 0.6 is 11.6 Å². The summed E-state index contributed by atoms with van der Waals surface area (Å²) in [7, 11) is 0. The highest BCUT2D eigenvalue weighted by molar-refractivity contribution is 6.33. The minimum atomic E-state index is -0.563. The molecule has 0 aliphatic heterocycles. The first kappa shape index (κ1) is 17.7. The first-order valence-electron chi connectivity index (χ1n) is 7.53. The van der Waals surface area contributed by atoms with Crippen LogP contribution in [0.25, 0.3) is 11.3 Å². The summed E-state index contributed by atoms with van der Waals surface area (Å²) >= 11 is 6.18. The maximum atomic E-state index is 12.3. The van der Waals surface area contributed by atoms with Crippen LogP contribution in [-0.2, 0) is 6.61 Å². The molecule has 0 unspecified atom stereocenters. The molecule has 132 valence electrons. The SMILES string of the molecule is O=C(Nc1ccc(Cl)c(-c2ccc(CO)o2)c1)c1cccc([N+](=O)[O-])c1. The molecule has 26 heavy (non-hydrogen) atoms. The first-order chi connectivity index (χ1) is 12.5. The van der Waals surface area contributed by atoms with Gasteiger partial charge in [0.05, 0.1) is 9.95 Å². The van der Waals surface area contributed by atoms with Crippen molar-refractivity contribution in [1.82, 2.24) is 0 Å². The van der Waals surface area contributed by atoms with Gasteiger partial charge in [-0.15, -0.1) is 0 Å². The van der Waals surface area contributed by atoms with Gasteiger partial charge in [-0.25, -0.2) is 0 Å². The van der Waals surface area contributed by atoms with E-state index in [2.05, 4.69) is 5.32 Å². The second kappa shape index (κ2) is 7.38. The second-order valence-electron chi connectivity index (χ2n) is 5.38. The van der Waals surface area contributed by atoms with Gasteiger partial charge in [-0.1, -0.05) is 17.7 Å². The van der Waals surface area contributed by atoms with Crippen molar-refractivity contribution in [3.05, 3.63) is 81.1 Å². The van der Waals surface area contributed by atoms with Gasteiger partial charge in [0.25, 0.3) is 11.6 Å². The van der Waals surface area contributed by atoms with Crippen molar-refractivity contribution < 1.29 is 19.2 Å². The predicted octanol–water partition coefficient (Wildman–Crippen LogP) is 4.25. The van der Waals surface area contributed by atoms with Crippen molar-refractivity contribution in [1.29, 1.82) is 0 Å². The first-order valence-corrected chi connectivity index (χ1v) is 7.91. The predicted molar refractivity (Wildman–Crippen MR) is 96.1 cm³/mol. The quantitative estimate of drug-likeness (QED) is 0.514. The average Bonchev–Trinajstić information content (AvgIpc) is 3.12. The Morgan fingerprint density at radius 2 is 2.00 bits per heavy atom. The molecule has 2 N–H and O–H groups in total. The molecule has 0 spiro atoms. The Hall–Kier alpha value is -3.16. The maximum Gasteiger partial charge on any atom is 0.270 e. The Bertz CT molecular complexity index is 983. The van der Waals surface area contributed by atoms with E-state index < -0.39 is 10.8 Å². The molecule has 7 nitrogen and oxygen atoms in total. The van der Waals surface area contributed by atoms with Gasteiger partial charge >= 0.3 is 0 Å². The van der Waals surface area contributed by atoms with Crippen LogP contribution in [0.4, 0.5) is 11.4 Å². The molecule has 1 amide bonds. The number of nitro groups is 1. The summed E-state index contributed by atoms with van der Waals surface area (Å²) in [4.78, 5) is 22.6. The Morgan fingerprint density at radius 1 is 1.19 bits per heavy atom. The van der Waals surface area contributed by atoms with Crippen LogP contribution in [0.1, 0.15) is 16.1 Å². The maximum absolute atomic E-state index is 12.3. The minimum absolute atomic E-state index is 0.163. The Balaban J connectivity index is 1.86. The number of aliphatic hydroxyl groups is 1. The molecular weight excluding hydrogens is 360 g/mol. The van der Waals surface area contributed by atoms with Gasteiger partial charge < -0.3 is 14.8 Å². The van der Waals surface area contributed by atoms with Crippen LogP contribution in [0, 0.1) is 10.1 Å². The molecule has 0 fully saturated rings. The van der Waals surface area contributed by atoms with Gasteiger partial charge in [0.1, 0.15) is 18.1 Å². The number of non-ortho nitro benzene ring substituents is 1. The lowest BCUT2D eigenvalue weighted by molar-refractivity contribution is -0.384. The van der Waals surface area contributed by atoms with Crippen LogP contribution in [0.5, 0.6) is 0 Å². The van der Waals surface area contributed by atoms with E-state index in [1.54, 1.807) is 30.3 Å². The topological polar surface area (TPSA) is 106 Å². The fraction of sp³-hybridized carbons (Fsp3) is 0.0556. The van der Waals surface area contributed by atoms with E-state index in [4.69, 9.17) is 21.1 Å². The Labute approximate surface area is 153 Å². The number of aliphatic hydroxyl groups excluding tert-OH is 1. The van der Waals surface area contributed by atoms with Crippen molar-refractivity contribution in [2.24, 2.45) is 0 Å². The van der Waals surface area contributed by atoms with Crippen molar-refractivity contribution in [3.63, 3.8) is 0 Å². The molecule has 0 radical (unpaired) electrons.